The van der Waals surface area contributed by atoms with Gasteiger partial charge in [0, 0.05) is 21.8 Å². The second kappa shape index (κ2) is 6.02. The Morgan fingerprint density at radius 1 is 1.35 bits per heavy atom. The van der Waals surface area contributed by atoms with Crippen molar-refractivity contribution in [1.82, 2.24) is 9.99 Å². The predicted molar refractivity (Wildman–Crippen MR) is 80.3 cm³/mol. The fraction of sp³-hybridized carbons (Fsp3) is 0.143. The van der Waals surface area contributed by atoms with Crippen LogP contribution >= 0.6 is 15.9 Å². The molecule has 104 valence electrons. The molecule has 2 aromatic rings. The Labute approximate surface area is 124 Å². The number of nitrogens with zero attached hydrogens (tertiary/aromatic N) is 1. The summed E-state index contributed by atoms with van der Waals surface area (Å²) in [5.74, 6) is 4.73. The van der Waals surface area contributed by atoms with E-state index in [1.807, 2.05) is 0 Å². The Bertz CT molecular complexity index is 693. The number of hydrogen-bond donors (Lipinski definition) is 2. The summed E-state index contributed by atoms with van der Waals surface area (Å²) >= 11 is 3.37. The average molecular weight is 336 g/mol. The van der Waals surface area contributed by atoms with Gasteiger partial charge in [0.2, 0.25) is 0 Å². The first kappa shape index (κ1) is 14.5. The minimum atomic E-state index is -0.341. The lowest BCUT2D eigenvalue weighted by molar-refractivity contribution is 0.0953. The highest BCUT2D eigenvalue weighted by molar-refractivity contribution is 9.10. The van der Waals surface area contributed by atoms with Crippen LogP contribution in [0.25, 0.3) is 0 Å². The van der Waals surface area contributed by atoms with E-state index in [4.69, 9.17) is 5.84 Å². The molecule has 1 amide bonds. The second-order valence-corrected chi connectivity index (χ2v) is 5.36. The normalized spacial score (nSPS) is 10.3. The molecular weight excluding hydrogens is 322 g/mol. The van der Waals surface area contributed by atoms with Crippen molar-refractivity contribution in [2.24, 2.45) is 5.84 Å². The molecule has 3 N–H and O–H groups in total. The number of nitrogen functional groups attached to an aromatic ring is 1. The monoisotopic (exact) mass is 335 g/mol. The van der Waals surface area contributed by atoms with Gasteiger partial charge in [0.15, 0.2) is 0 Å². The van der Waals surface area contributed by atoms with Crippen molar-refractivity contribution in [2.75, 3.05) is 0 Å². The van der Waals surface area contributed by atoms with Gasteiger partial charge in [0.25, 0.3) is 11.5 Å². The molecule has 0 unspecified atom stereocenters. The van der Waals surface area contributed by atoms with Crippen LogP contribution in [0.3, 0.4) is 0 Å². The Morgan fingerprint density at radius 3 is 2.60 bits per heavy atom. The number of amides is 1. The molecule has 0 saturated carbocycles. The number of nitrogens with two attached hydrogens (primary N) is 1. The van der Waals surface area contributed by atoms with Gasteiger partial charge >= 0.3 is 0 Å². The fourth-order valence-corrected chi connectivity index (χ4v) is 2.49. The molecule has 6 heteroatoms. The number of aryl methyl sites for hydroxylation is 1. The summed E-state index contributed by atoms with van der Waals surface area (Å²) < 4.78 is 2.48. The van der Waals surface area contributed by atoms with Crippen LogP contribution in [0.15, 0.2) is 45.8 Å². The van der Waals surface area contributed by atoms with Crippen molar-refractivity contribution in [2.45, 2.75) is 13.5 Å². The lowest BCUT2D eigenvalue weighted by Gasteiger charge is -2.08. The predicted octanol–water partition coefficient (Wildman–Crippen LogP) is 1.57. The van der Waals surface area contributed by atoms with Crippen LogP contribution in [-0.2, 0) is 6.54 Å². The number of halogens is 1. The molecule has 2 rings (SSSR count). The molecule has 0 bridgehead atoms. The largest absolute Gasteiger partial charge is 0.310 e. The van der Waals surface area contributed by atoms with Gasteiger partial charge in [-0.05, 0) is 46.6 Å². The Kier molecular flexibility index (Phi) is 4.36. The van der Waals surface area contributed by atoms with Gasteiger partial charge in [-0.25, -0.2) is 5.84 Å². The Balaban J connectivity index is 2.27. The third-order valence-corrected chi connectivity index (χ3v) is 3.37. The maximum Gasteiger partial charge on any atom is 0.265 e. The van der Waals surface area contributed by atoms with E-state index in [1.54, 1.807) is 48.0 Å². The van der Waals surface area contributed by atoms with Gasteiger partial charge in [-0.3, -0.25) is 15.0 Å². The van der Waals surface area contributed by atoms with E-state index in [9.17, 15) is 9.59 Å². The van der Waals surface area contributed by atoms with E-state index in [0.29, 0.717) is 17.7 Å². The highest BCUT2D eigenvalue weighted by Crippen LogP contribution is 2.10. The zero-order valence-corrected chi connectivity index (χ0v) is 12.5. The molecule has 0 atom stereocenters. The van der Waals surface area contributed by atoms with E-state index in [-0.39, 0.29) is 11.5 Å². The molecule has 1 heterocycles. The smallest absolute Gasteiger partial charge is 0.265 e. The van der Waals surface area contributed by atoms with Gasteiger partial charge in [0.05, 0.1) is 6.54 Å². The molecule has 1 aromatic carbocycles. The summed E-state index contributed by atoms with van der Waals surface area (Å²) in [6, 6.07) is 8.73. The SMILES string of the molecule is Cc1cc(Br)cn(Cc2ccc(C(=O)NN)cc2)c1=O. The van der Waals surface area contributed by atoms with E-state index in [0.717, 1.165) is 10.0 Å². The summed E-state index contributed by atoms with van der Waals surface area (Å²) in [6.07, 6.45) is 1.75. The number of rotatable bonds is 3. The molecule has 0 aliphatic heterocycles. The number of hydrazine groups is 1. The van der Waals surface area contributed by atoms with Gasteiger partial charge in [-0.2, -0.15) is 0 Å². The summed E-state index contributed by atoms with van der Waals surface area (Å²) in [7, 11) is 0. The van der Waals surface area contributed by atoms with Crippen molar-refractivity contribution >= 4 is 21.8 Å². The standard InChI is InChI=1S/C14H14BrN3O2/c1-9-6-12(15)8-18(14(9)20)7-10-2-4-11(5-3-10)13(19)17-16/h2-6,8H,7,16H2,1H3,(H,17,19). The molecule has 20 heavy (non-hydrogen) atoms. The fourth-order valence-electron chi connectivity index (χ4n) is 1.90. The maximum absolute atomic E-state index is 12.0. The lowest BCUT2D eigenvalue weighted by Crippen LogP contribution is -2.29. The number of nitrogens with one attached hydrogen (secondary N) is 1. The summed E-state index contributed by atoms with van der Waals surface area (Å²) in [5.41, 5.74) is 4.13. The minimum Gasteiger partial charge on any atom is -0.310 e. The highest BCUT2D eigenvalue weighted by atomic mass is 79.9. The quantitative estimate of drug-likeness (QED) is 0.507. The lowest BCUT2D eigenvalue weighted by atomic mass is 10.1. The van der Waals surface area contributed by atoms with Crippen LogP contribution in [-0.4, -0.2) is 10.5 Å². The average Bonchev–Trinajstić information content (AvgIpc) is 2.44. The van der Waals surface area contributed by atoms with Crippen LogP contribution in [0.5, 0.6) is 0 Å². The van der Waals surface area contributed by atoms with Crippen LogP contribution in [0.4, 0.5) is 0 Å². The first-order valence-corrected chi connectivity index (χ1v) is 6.77. The zero-order valence-electron chi connectivity index (χ0n) is 10.9. The number of benzene rings is 1. The third kappa shape index (κ3) is 3.15. The minimum absolute atomic E-state index is 0.0306. The second-order valence-electron chi connectivity index (χ2n) is 4.44. The van der Waals surface area contributed by atoms with Crippen LogP contribution in [0.2, 0.25) is 0 Å². The highest BCUT2D eigenvalue weighted by Gasteiger charge is 2.05. The molecule has 0 aliphatic rings. The van der Waals surface area contributed by atoms with E-state index >= 15 is 0 Å². The number of aromatic nitrogens is 1. The van der Waals surface area contributed by atoms with Crippen LogP contribution in [0, 0.1) is 6.92 Å². The van der Waals surface area contributed by atoms with Crippen molar-refractivity contribution < 1.29 is 4.79 Å². The molecule has 0 radical (unpaired) electrons. The van der Waals surface area contributed by atoms with Crippen molar-refractivity contribution in [3.8, 4) is 0 Å². The van der Waals surface area contributed by atoms with Gasteiger partial charge in [0.1, 0.15) is 0 Å². The number of hydrogen-bond acceptors (Lipinski definition) is 3. The number of carbonyl (C=O) groups is 1. The topological polar surface area (TPSA) is 77.1 Å². The van der Waals surface area contributed by atoms with Gasteiger partial charge in [-0.1, -0.05) is 12.1 Å². The zero-order chi connectivity index (χ0) is 14.7. The van der Waals surface area contributed by atoms with E-state index < -0.39 is 0 Å². The number of carbonyl (C=O) groups excluding carboxylic acids is 1. The first-order chi connectivity index (χ1) is 9.51. The molecular formula is C14H14BrN3O2. The summed E-state index contributed by atoms with van der Waals surface area (Å²) in [4.78, 5) is 23.3. The van der Waals surface area contributed by atoms with Gasteiger partial charge < -0.3 is 4.57 Å². The van der Waals surface area contributed by atoms with Gasteiger partial charge in [-0.15, -0.1) is 0 Å². The Morgan fingerprint density at radius 2 is 2.00 bits per heavy atom. The first-order valence-electron chi connectivity index (χ1n) is 5.97. The maximum atomic E-state index is 12.0. The third-order valence-electron chi connectivity index (χ3n) is 2.93. The molecule has 0 saturated heterocycles. The summed E-state index contributed by atoms with van der Waals surface area (Å²) in [5, 5.41) is 0. The van der Waals surface area contributed by atoms with Crippen LogP contribution in [0.1, 0.15) is 21.5 Å². The van der Waals surface area contributed by atoms with Crippen molar-refractivity contribution in [3.05, 3.63) is 68.0 Å². The van der Waals surface area contributed by atoms with E-state index in [1.165, 1.54) is 0 Å². The molecule has 0 spiro atoms. The van der Waals surface area contributed by atoms with Crippen molar-refractivity contribution in [3.63, 3.8) is 0 Å². The molecule has 0 aliphatic carbocycles. The van der Waals surface area contributed by atoms with Crippen molar-refractivity contribution in [1.29, 1.82) is 0 Å². The van der Waals surface area contributed by atoms with Crippen LogP contribution < -0.4 is 16.8 Å². The molecule has 0 fully saturated rings. The van der Waals surface area contributed by atoms with E-state index in [2.05, 4.69) is 21.4 Å². The molecule has 1 aromatic heterocycles. The molecule has 5 nitrogen and oxygen atoms in total. The summed E-state index contributed by atoms with van der Waals surface area (Å²) in [6.45, 7) is 2.22. The number of pyridine rings is 1. The Hall–Kier alpha value is -1.92.